The molecule has 1 aliphatic rings. The molecule has 0 saturated heterocycles. The van der Waals surface area contributed by atoms with Crippen LogP contribution in [0.3, 0.4) is 0 Å². The topological polar surface area (TPSA) is 110 Å². The molecule has 1 unspecified atom stereocenters. The summed E-state index contributed by atoms with van der Waals surface area (Å²) in [6.45, 7) is 0.182. The van der Waals surface area contributed by atoms with E-state index in [0.29, 0.717) is 0 Å². The largest absolute Gasteiger partial charge is 0.395 e. The Balaban J connectivity index is 2.61. The van der Waals surface area contributed by atoms with E-state index in [-0.39, 0.29) is 31.5 Å². The van der Waals surface area contributed by atoms with Crippen molar-refractivity contribution in [3.63, 3.8) is 0 Å². The summed E-state index contributed by atoms with van der Waals surface area (Å²) in [5, 5.41) is 8.98. The third-order valence-corrected chi connectivity index (χ3v) is 3.13. The molecule has 0 heterocycles. The van der Waals surface area contributed by atoms with E-state index in [1.807, 2.05) is 0 Å². The Labute approximate surface area is 101 Å². The first-order valence-electron chi connectivity index (χ1n) is 6.01. The van der Waals surface area contributed by atoms with Crippen molar-refractivity contribution in [3.05, 3.63) is 0 Å². The van der Waals surface area contributed by atoms with Gasteiger partial charge in [-0.3, -0.25) is 9.59 Å². The quantitative estimate of drug-likeness (QED) is 0.553. The van der Waals surface area contributed by atoms with Crippen molar-refractivity contribution >= 4 is 11.8 Å². The highest BCUT2D eigenvalue weighted by Gasteiger charge is 2.29. The number of aliphatic hydroxyl groups is 1. The molecule has 0 radical (unpaired) electrons. The van der Waals surface area contributed by atoms with Crippen molar-refractivity contribution in [2.24, 2.45) is 11.5 Å². The molecule has 1 atom stereocenters. The van der Waals surface area contributed by atoms with Gasteiger partial charge in [0.25, 0.3) is 0 Å². The monoisotopic (exact) mass is 243 g/mol. The molecule has 6 nitrogen and oxygen atoms in total. The zero-order chi connectivity index (χ0) is 12.8. The van der Waals surface area contributed by atoms with Gasteiger partial charge in [-0.1, -0.05) is 12.8 Å². The lowest BCUT2D eigenvalue weighted by atomic mass is 10.1. The molecule has 0 spiro atoms. The number of amides is 2. The third kappa shape index (κ3) is 3.98. The summed E-state index contributed by atoms with van der Waals surface area (Å²) in [5.74, 6) is -0.869. The number of carbonyl (C=O) groups excluding carboxylic acids is 2. The van der Waals surface area contributed by atoms with E-state index >= 15 is 0 Å². The van der Waals surface area contributed by atoms with Crippen molar-refractivity contribution < 1.29 is 14.7 Å². The molecule has 1 rings (SSSR count). The molecular weight excluding hydrogens is 222 g/mol. The Morgan fingerprint density at radius 2 is 1.94 bits per heavy atom. The summed E-state index contributed by atoms with van der Waals surface area (Å²) in [6.07, 6.45) is 3.91. The van der Waals surface area contributed by atoms with Gasteiger partial charge in [-0.2, -0.15) is 0 Å². The molecule has 0 aromatic carbocycles. The number of primary amides is 1. The van der Waals surface area contributed by atoms with E-state index in [0.717, 1.165) is 25.7 Å². The summed E-state index contributed by atoms with van der Waals surface area (Å²) in [6, 6.07) is -0.742. The van der Waals surface area contributed by atoms with Gasteiger partial charge in [-0.25, -0.2) is 0 Å². The second-order valence-corrected chi connectivity index (χ2v) is 4.47. The number of hydrogen-bond donors (Lipinski definition) is 3. The smallest absolute Gasteiger partial charge is 0.240 e. The van der Waals surface area contributed by atoms with Gasteiger partial charge < -0.3 is 21.5 Å². The first-order chi connectivity index (χ1) is 8.06. The Morgan fingerprint density at radius 3 is 2.41 bits per heavy atom. The van der Waals surface area contributed by atoms with Gasteiger partial charge in [-0.15, -0.1) is 0 Å². The predicted molar refractivity (Wildman–Crippen MR) is 62.8 cm³/mol. The van der Waals surface area contributed by atoms with Crippen molar-refractivity contribution in [1.82, 2.24) is 4.90 Å². The second kappa shape index (κ2) is 6.56. The van der Waals surface area contributed by atoms with E-state index in [2.05, 4.69) is 0 Å². The van der Waals surface area contributed by atoms with Crippen LogP contribution in [0.5, 0.6) is 0 Å². The van der Waals surface area contributed by atoms with Crippen LogP contribution in [0.1, 0.15) is 32.1 Å². The van der Waals surface area contributed by atoms with Gasteiger partial charge in [-0.05, 0) is 12.8 Å². The van der Waals surface area contributed by atoms with Crippen LogP contribution in [0, 0.1) is 0 Å². The Kier molecular flexibility index (Phi) is 5.37. The van der Waals surface area contributed by atoms with Crippen LogP contribution < -0.4 is 11.5 Å². The van der Waals surface area contributed by atoms with Crippen molar-refractivity contribution in [1.29, 1.82) is 0 Å². The molecule has 0 aromatic rings. The lowest BCUT2D eigenvalue weighted by Crippen LogP contribution is -2.50. The van der Waals surface area contributed by atoms with E-state index in [1.165, 1.54) is 0 Å². The van der Waals surface area contributed by atoms with Gasteiger partial charge in [0.2, 0.25) is 11.8 Å². The summed E-state index contributed by atoms with van der Waals surface area (Å²) in [5.41, 5.74) is 10.7. The minimum atomic E-state index is -0.889. The molecule has 0 aromatic heterocycles. The van der Waals surface area contributed by atoms with E-state index in [4.69, 9.17) is 16.6 Å². The summed E-state index contributed by atoms with van der Waals surface area (Å²) in [7, 11) is 0. The Bertz CT molecular complexity index is 277. The van der Waals surface area contributed by atoms with Crippen LogP contribution in [0.4, 0.5) is 0 Å². The molecule has 1 saturated carbocycles. The van der Waals surface area contributed by atoms with Crippen molar-refractivity contribution in [2.75, 3.05) is 13.2 Å². The average Bonchev–Trinajstić information content (AvgIpc) is 2.77. The maximum atomic E-state index is 12.0. The summed E-state index contributed by atoms with van der Waals surface area (Å²) < 4.78 is 0. The maximum Gasteiger partial charge on any atom is 0.240 e. The molecule has 17 heavy (non-hydrogen) atoms. The maximum absolute atomic E-state index is 12.0. The molecule has 5 N–H and O–H groups in total. The third-order valence-electron chi connectivity index (χ3n) is 3.13. The highest BCUT2D eigenvalue weighted by molar-refractivity contribution is 5.87. The van der Waals surface area contributed by atoms with Crippen LogP contribution >= 0.6 is 0 Å². The second-order valence-electron chi connectivity index (χ2n) is 4.47. The molecule has 1 fully saturated rings. The summed E-state index contributed by atoms with van der Waals surface area (Å²) >= 11 is 0. The lowest BCUT2D eigenvalue weighted by Gasteiger charge is -2.30. The van der Waals surface area contributed by atoms with Crippen LogP contribution in [0.15, 0.2) is 0 Å². The minimum Gasteiger partial charge on any atom is -0.395 e. The van der Waals surface area contributed by atoms with Crippen molar-refractivity contribution in [2.45, 2.75) is 44.2 Å². The lowest BCUT2D eigenvalue weighted by molar-refractivity contribution is -0.137. The van der Waals surface area contributed by atoms with Crippen molar-refractivity contribution in [3.8, 4) is 0 Å². The van der Waals surface area contributed by atoms with Gasteiger partial charge in [0.1, 0.15) is 0 Å². The number of carbonyl (C=O) groups is 2. The minimum absolute atomic E-state index is 0.0917. The molecule has 0 aliphatic heterocycles. The van der Waals surface area contributed by atoms with Gasteiger partial charge in [0.15, 0.2) is 0 Å². The fraction of sp³-hybridized carbons (Fsp3) is 0.818. The zero-order valence-corrected chi connectivity index (χ0v) is 9.97. The highest BCUT2D eigenvalue weighted by atomic mass is 16.3. The number of aliphatic hydroxyl groups excluding tert-OH is 1. The molecular formula is C11H21N3O3. The first-order valence-corrected chi connectivity index (χ1v) is 6.01. The van der Waals surface area contributed by atoms with Crippen LogP contribution in [-0.4, -0.2) is 47.1 Å². The van der Waals surface area contributed by atoms with Crippen LogP contribution in [0.2, 0.25) is 0 Å². The van der Waals surface area contributed by atoms with Gasteiger partial charge in [0, 0.05) is 12.6 Å². The molecule has 6 heteroatoms. The number of nitrogens with two attached hydrogens (primary N) is 2. The summed E-state index contributed by atoms with van der Waals surface area (Å²) in [4.78, 5) is 24.4. The Morgan fingerprint density at radius 1 is 1.35 bits per heavy atom. The first kappa shape index (κ1) is 13.9. The fourth-order valence-electron chi connectivity index (χ4n) is 2.31. The number of rotatable bonds is 6. The van der Waals surface area contributed by atoms with E-state index in [1.54, 1.807) is 4.90 Å². The molecule has 98 valence electrons. The number of hydrogen-bond acceptors (Lipinski definition) is 4. The zero-order valence-electron chi connectivity index (χ0n) is 9.97. The highest BCUT2D eigenvalue weighted by Crippen LogP contribution is 2.23. The molecule has 2 amide bonds. The van der Waals surface area contributed by atoms with E-state index < -0.39 is 11.9 Å². The molecule has 0 bridgehead atoms. The van der Waals surface area contributed by atoms with E-state index in [9.17, 15) is 9.59 Å². The molecule has 1 aliphatic carbocycles. The SMILES string of the molecule is NC(=O)CC(N)C(=O)N(CCO)C1CCCC1. The van der Waals surface area contributed by atoms with Gasteiger partial charge in [0.05, 0.1) is 19.1 Å². The van der Waals surface area contributed by atoms with Crippen LogP contribution in [-0.2, 0) is 9.59 Å². The normalized spacial score (nSPS) is 18.0. The standard InChI is InChI=1S/C11H21N3O3/c12-9(7-10(13)16)11(17)14(5-6-15)8-3-1-2-4-8/h8-9,15H,1-7,12H2,(H2,13,16). The van der Waals surface area contributed by atoms with Crippen LogP contribution in [0.25, 0.3) is 0 Å². The average molecular weight is 243 g/mol. The Hall–Kier alpha value is -1.14. The van der Waals surface area contributed by atoms with Gasteiger partial charge >= 0.3 is 0 Å². The number of nitrogens with zero attached hydrogens (tertiary/aromatic N) is 1. The predicted octanol–water partition coefficient (Wildman–Crippen LogP) is -1.05. The fourth-order valence-corrected chi connectivity index (χ4v) is 2.31.